The second kappa shape index (κ2) is 4.76. The Morgan fingerprint density at radius 2 is 1.67 bits per heavy atom. The van der Waals surface area contributed by atoms with Gasteiger partial charge >= 0.3 is 6.18 Å². The van der Waals surface area contributed by atoms with Crippen molar-refractivity contribution in [2.45, 2.75) is 13.1 Å². The van der Waals surface area contributed by atoms with Crippen molar-refractivity contribution >= 4 is 15.9 Å². The first-order valence-electron chi connectivity index (χ1n) is 5.32. The van der Waals surface area contributed by atoms with Gasteiger partial charge in [-0.25, -0.2) is 0 Å². The van der Waals surface area contributed by atoms with Gasteiger partial charge in [0, 0.05) is 4.47 Å². The molecule has 0 heterocycles. The summed E-state index contributed by atoms with van der Waals surface area (Å²) < 4.78 is 38.5. The molecular formula is C14H10BrF3. The van der Waals surface area contributed by atoms with Gasteiger partial charge in [0.25, 0.3) is 0 Å². The zero-order valence-corrected chi connectivity index (χ0v) is 11.1. The number of hydrogen-bond donors (Lipinski definition) is 0. The van der Waals surface area contributed by atoms with Crippen LogP contribution in [0.15, 0.2) is 46.9 Å². The van der Waals surface area contributed by atoms with Gasteiger partial charge in [-0.1, -0.05) is 46.3 Å². The van der Waals surface area contributed by atoms with Gasteiger partial charge in [0.2, 0.25) is 0 Å². The molecule has 0 spiro atoms. The highest BCUT2D eigenvalue weighted by Crippen LogP contribution is 2.37. The highest BCUT2D eigenvalue weighted by Gasteiger charge is 2.33. The van der Waals surface area contributed by atoms with Gasteiger partial charge in [-0.15, -0.1) is 0 Å². The van der Waals surface area contributed by atoms with Crippen molar-refractivity contribution in [1.82, 2.24) is 0 Å². The molecule has 0 bridgehead atoms. The Kier molecular flexibility index (Phi) is 3.48. The predicted octanol–water partition coefficient (Wildman–Crippen LogP) is 5.44. The van der Waals surface area contributed by atoms with Gasteiger partial charge < -0.3 is 0 Å². The van der Waals surface area contributed by atoms with Gasteiger partial charge in [-0.05, 0) is 35.7 Å². The number of hydrogen-bond acceptors (Lipinski definition) is 0. The summed E-state index contributed by atoms with van der Waals surface area (Å²) in [6, 6.07) is 11.7. The van der Waals surface area contributed by atoms with Gasteiger partial charge in [0.15, 0.2) is 0 Å². The van der Waals surface area contributed by atoms with E-state index in [1.54, 1.807) is 6.07 Å². The van der Waals surface area contributed by atoms with E-state index >= 15 is 0 Å². The molecule has 0 N–H and O–H groups in total. The summed E-state index contributed by atoms with van der Waals surface area (Å²) in [5.74, 6) is 0. The van der Waals surface area contributed by atoms with E-state index in [4.69, 9.17) is 0 Å². The molecule has 0 aliphatic heterocycles. The molecule has 0 unspecified atom stereocenters. The van der Waals surface area contributed by atoms with Crippen LogP contribution in [0.25, 0.3) is 11.1 Å². The van der Waals surface area contributed by atoms with Crippen LogP contribution in [-0.4, -0.2) is 0 Å². The van der Waals surface area contributed by atoms with Crippen LogP contribution in [0.2, 0.25) is 0 Å². The Bertz CT molecular complexity index is 573. The average molecular weight is 315 g/mol. The van der Waals surface area contributed by atoms with Crippen LogP contribution in [0.1, 0.15) is 11.1 Å². The Labute approximate surface area is 112 Å². The van der Waals surface area contributed by atoms with Crippen molar-refractivity contribution in [3.05, 3.63) is 58.1 Å². The highest BCUT2D eigenvalue weighted by atomic mass is 79.9. The molecule has 4 heteroatoms. The van der Waals surface area contributed by atoms with E-state index in [9.17, 15) is 13.2 Å². The van der Waals surface area contributed by atoms with Crippen LogP contribution in [0.3, 0.4) is 0 Å². The van der Waals surface area contributed by atoms with E-state index in [0.717, 1.165) is 11.1 Å². The highest BCUT2D eigenvalue weighted by molar-refractivity contribution is 9.10. The lowest BCUT2D eigenvalue weighted by Gasteiger charge is -2.12. The Morgan fingerprint density at radius 1 is 1.00 bits per heavy atom. The molecule has 94 valence electrons. The van der Waals surface area contributed by atoms with Crippen molar-refractivity contribution in [2.24, 2.45) is 0 Å². The van der Waals surface area contributed by atoms with Gasteiger partial charge in [-0.3, -0.25) is 0 Å². The molecule has 0 saturated heterocycles. The summed E-state index contributed by atoms with van der Waals surface area (Å²) in [6.07, 6.45) is -4.35. The largest absolute Gasteiger partial charge is 0.417 e. The fraction of sp³-hybridized carbons (Fsp3) is 0.143. The topological polar surface area (TPSA) is 0 Å². The third-order valence-electron chi connectivity index (χ3n) is 2.73. The fourth-order valence-corrected chi connectivity index (χ4v) is 2.28. The number of aryl methyl sites for hydroxylation is 1. The maximum Gasteiger partial charge on any atom is 0.417 e. The normalized spacial score (nSPS) is 11.6. The van der Waals surface area contributed by atoms with Crippen LogP contribution in [-0.2, 0) is 6.18 Å². The van der Waals surface area contributed by atoms with E-state index in [1.807, 2.05) is 31.2 Å². The number of rotatable bonds is 1. The Hall–Kier alpha value is -1.29. The van der Waals surface area contributed by atoms with Crippen molar-refractivity contribution in [3.8, 4) is 11.1 Å². The number of halogens is 4. The molecule has 0 atom stereocenters. The number of alkyl halides is 3. The predicted molar refractivity (Wildman–Crippen MR) is 69.3 cm³/mol. The minimum absolute atomic E-state index is 0.0623. The van der Waals surface area contributed by atoms with Gasteiger partial charge in [-0.2, -0.15) is 13.2 Å². The van der Waals surface area contributed by atoms with Crippen LogP contribution in [0.5, 0.6) is 0 Å². The van der Waals surface area contributed by atoms with Crippen LogP contribution in [0, 0.1) is 6.92 Å². The van der Waals surface area contributed by atoms with E-state index in [2.05, 4.69) is 15.9 Å². The third-order valence-corrected chi connectivity index (χ3v) is 3.42. The van der Waals surface area contributed by atoms with Gasteiger partial charge in [0.1, 0.15) is 0 Å². The summed E-state index contributed by atoms with van der Waals surface area (Å²) in [7, 11) is 0. The molecule has 0 aliphatic carbocycles. The summed E-state index contributed by atoms with van der Waals surface area (Å²) in [6.45, 7) is 1.88. The molecule has 0 aromatic heterocycles. The number of benzene rings is 2. The lowest BCUT2D eigenvalue weighted by atomic mass is 9.99. The SMILES string of the molecule is Cc1ccccc1-c1ccc(Br)c(C(F)(F)F)c1. The van der Waals surface area contributed by atoms with Gasteiger partial charge in [0.05, 0.1) is 5.56 Å². The molecule has 0 aliphatic rings. The molecule has 0 amide bonds. The quantitative estimate of drug-likeness (QED) is 0.657. The summed E-state index contributed by atoms with van der Waals surface area (Å²) in [5, 5.41) is 0. The maximum absolute atomic E-state index is 12.8. The summed E-state index contributed by atoms with van der Waals surface area (Å²) in [5.41, 5.74) is 1.69. The third kappa shape index (κ3) is 2.58. The van der Waals surface area contributed by atoms with E-state index in [1.165, 1.54) is 12.1 Å². The Balaban J connectivity index is 2.58. The molecular weight excluding hydrogens is 305 g/mol. The van der Waals surface area contributed by atoms with Crippen LogP contribution < -0.4 is 0 Å². The molecule has 2 rings (SSSR count). The lowest BCUT2D eigenvalue weighted by molar-refractivity contribution is -0.138. The first-order valence-corrected chi connectivity index (χ1v) is 6.11. The first kappa shape index (κ1) is 13.1. The fourth-order valence-electron chi connectivity index (χ4n) is 1.81. The minimum atomic E-state index is -4.35. The van der Waals surface area contributed by atoms with E-state index in [-0.39, 0.29) is 4.47 Å². The van der Waals surface area contributed by atoms with Crippen LogP contribution >= 0.6 is 15.9 Å². The molecule has 2 aromatic rings. The van der Waals surface area contributed by atoms with Crippen LogP contribution in [0.4, 0.5) is 13.2 Å². The standard InChI is InChI=1S/C14H10BrF3/c1-9-4-2-3-5-11(9)10-6-7-13(15)12(8-10)14(16,17)18/h2-8H,1H3. The molecule has 0 nitrogen and oxygen atoms in total. The maximum atomic E-state index is 12.8. The average Bonchev–Trinajstić information content (AvgIpc) is 2.29. The van der Waals surface area contributed by atoms with Crippen molar-refractivity contribution in [2.75, 3.05) is 0 Å². The first-order chi connectivity index (χ1) is 8.39. The molecule has 18 heavy (non-hydrogen) atoms. The van der Waals surface area contributed by atoms with E-state index in [0.29, 0.717) is 5.56 Å². The molecule has 0 radical (unpaired) electrons. The Morgan fingerprint density at radius 3 is 2.28 bits per heavy atom. The van der Waals surface area contributed by atoms with Crippen molar-refractivity contribution < 1.29 is 13.2 Å². The molecule has 0 saturated carbocycles. The van der Waals surface area contributed by atoms with E-state index < -0.39 is 11.7 Å². The summed E-state index contributed by atoms with van der Waals surface area (Å²) >= 11 is 2.94. The molecule has 0 fully saturated rings. The second-order valence-electron chi connectivity index (χ2n) is 4.01. The lowest BCUT2D eigenvalue weighted by Crippen LogP contribution is -2.06. The smallest absolute Gasteiger partial charge is 0.166 e. The summed E-state index contributed by atoms with van der Waals surface area (Å²) in [4.78, 5) is 0. The van der Waals surface area contributed by atoms with Crippen molar-refractivity contribution in [3.63, 3.8) is 0 Å². The second-order valence-corrected chi connectivity index (χ2v) is 4.86. The monoisotopic (exact) mass is 314 g/mol. The zero-order chi connectivity index (χ0) is 13.3. The molecule has 2 aromatic carbocycles. The minimum Gasteiger partial charge on any atom is -0.166 e. The van der Waals surface area contributed by atoms with Crippen molar-refractivity contribution in [1.29, 1.82) is 0 Å². The zero-order valence-electron chi connectivity index (χ0n) is 9.55.